The molecule has 0 spiro atoms. The highest BCUT2D eigenvalue weighted by Gasteiger charge is 2.11. The van der Waals surface area contributed by atoms with E-state index >= 15 is 0 Å². The molecule has 0 unspecified atom stereocenters. The summed E-state index contributed by atoms with van der Waals surface area (Å²) in [5, 5.41) is 0. The highest BCUT2D eigenvalue weighted by Crippen LogP contribution is 2.28. The molecule has 2 rings (SSSR count). The van der Waals surface area contributed by atoms with Gasteiger partial charge < -0.3 is 4.74 Å². The number of nitrogens with zero attached hydrogens (tertiary/aromatic N) is 2. The van der Waals surface area contributed by atoms with Gasteiger partial charge in [0.15, 0.2) is 5.82 Å². The standard InChI is InChI=1S/C12H9FN2O2/c1-8(16)17-11-7-9(13)3-4-10(11)12-14-5-2-6-15-12/h2-7H,1H3. The molecular formula is C12H9FN2O2. The van der Waals surface area contributed by atoms with Crippen molar-refractivity contribution in [3.63, 3.8) is 0 Å². The minimum atomic E-state index is -0.521. The summed E-state index contributed by atoms with van der Waals surface area (Å²) in [6.07, 6.45) is 3.12. The van der Waals surface area contributed by atoms with E-state index < -0.39 is 11.8 Å². The second-order valence-corrected chi connectivity index (χ2v) is 3.31. The molecule has 0 atom stereocenters. The maximum atomic E-state index is 13.1. The average Bonchev–Trinajstić information content (AvgIpc) is 2.29. The molecule has 0 saturated carbocycles. The Morgan fingerprint density at radius 2 is 2.00 bits per heavy atom. The van der Waals surface area contributed by atoms with Gasteiger partial charge in [0, 0.05) is 25.4 Å². The molecule has 5 heteroatoms. The van der Waals surface area contributed by atoms with E-state index in [0.29, 0.717) is 11.4 Å². The van der Waals surface area contributed by atoms with Gasteiger partial charge >= 0.3 is 5.97 Å². The number of benzene rings is 1. The van der Waals surface area contributed by atoms with Crippen LogP contribution in [0.25, 0.3) is 11.4 Å². The van der Waals surface area contributed by atoms with Crippen LogP contribution in [0.5, 0.6) is 5.75 Å². The van der Waals surface area contributed by atoms with E-state index in [4.69, 9.17) is 4.74 Å². The summed E-state index contributed by atoms with van der Waals surface area (Å²) in [6.45, 7) is 1.25. The molecule has 0 N–H and O–H groups in total. The molecule has 0 radical (unpaired) electrons. The first-order valence-electron chi connectivity index (χ1n) is 4.92. The molecule has 0 aliphatic heterocycles. The van der Waals surface area contributed by atoms with E-state index in [1.54, 1.807) is 18.5 Å². The van der Waals surface area contributed by atoms with Gasteiger partial charge in [-0.2, -0.15) is 0 Å². The molecule has 86 valence electrons. The Morgan fingerprint density at radius 3 is 2.65 bits per heavy atom. The third-order valence-electron chi connectivity index (χ3n) is 2.00. The Hall–Kier alpha value is -2.30. The molecule has 0 fully saturated rings. The molecule has 17 heavy (non-hydrogen) atoms. The van der Waals surface area contributed by atoms with Crippen LogP contribution in [0.3, 0.4) is 0 Å². The van der Waals surface area contributed by atoms with Crippen molar-refractivity contribution in [3.05, 3.63) is 42.5 Å². The van der Waals surface area contributed by atoms with Crippen molar-refractivity contribution < 1.29 is 13.9 Å². The van der Waals surface area contributed by atoms with Crippen LogP contribution in [-0.2, 0) is 4.79 Å². The Balaban J connectivity index is 2.50. The first-order valence-corrected chi connectivity index (χ1v) is 4.92. The van der Waals surface area contributed by atoms with Crippen molar-refractivity contribution in [1.82, 2.24) is 9.97 Å². The molecule has 0 bridgehead atoms. The third-order valence-corrected chi connectivity index (χ3v) is 2.00. The van der Waals surface area contributed by atoms with Crippen molar-refractivity contribution in [2.45, 2.75) is 6.92 Å². The summed E-state index contributed by atoms with van der Waals surface area (Å²) < 4.78 is 18.0. The first-order chi connectivity index (χ1) is 8.16. The number of carbonyl (C=O) groups is 1. The fourth-order valence-corrected chi connectivity index (χ4v) is 1.36. The molecule has 1 aromatic heterocycles. The molecule has 1 heterocycles. The minimum Gasteiger partial charge on any atom is -0.426 e. The van der Waals surface area contributed by atoms with Crippen LogP contribution in [0.15, 0.2) is 36.7 Å². The van der Waals surface area contributed by atoms with Gasteiger partial charge in [-0.25, -0.2) is 14.4 Å². The largest absolute Gasteiger partial charge is 0.426 e. The lowest BCUT2D eigenvalue weighted by Crippen LogP contribution is -2.03. The third kappa shape index (κ3) is 2.63. The predicted octanol–water partition coefficient (Wildman–Crippen LogP) is 2.21. The fraction of sp³-hybridized carbons (Fsp3) is 0.0833. The number of halogens is 1. The lowest BCUT2D eigenvalue weighted by atomic mass is 10.2. The topological polar surface area (TPSA) is 52.1 Å². The van der Waals surface area contributed by atoms with Crippen LogP contribution < -0.4 is 4.74 Å². The molecule has 0 amide bonds. The maximum Gasteiger partial charge on any atom is 0.308 e. The predicted molar refractivity (Wildman–Crippen MR) is 58.7 cm³/mol. The molecular weight excluding hydrogens is 223 g/mol. The Kier molecular flexibility index (Phi) is 3.09. The normalized spacial score (nSPS) is 10.0. The van der Waals surface area contributed by atoms with Crippen molar-refractivity contribution in [2.75, 3.05) is 0 Å². The van der Waals surface area contributed by atoms with Gasteiger partial charge in [-0.3, -0.25) is 4.79 Å². The van der Waals surface area contributed by atoms with Crippen LogP contribution >= 0.6 is 0 Å². The number of carbonyl (C=O) groups excluding carboxylic acids is 1. The molecule has 4 nitrogen and oxygen atoms in total. The van der Waals surface area contributed by atoms with Crippen LogP contribution in [0.2, 0.25) is 0 Å². The van der Waals surface area contributed by atoms with Gasteiger partial charge in [0.25, 0.3) is 0 Å². The van der Waals surface area contributed by atoms with Gasteiger partial charge in [0.1, 0.15) is 11.6 Å². The smallest absolute Gasteiger partial charge is 0.308 e. The Bertz CT molecular complexity index is 543. The van der Waals surface area contributed by atoms with E-state index in [-0.39, 0.29) is 5.75 Å². The lowest BCUT2D eigenvalue weighted by Gasteiger charge is -2.07. The van der Waals surface area contributed by atoms with E-state index in [1.807, 2.05) is 0 Å². The van der Waals surface area contributed by atoms with E-state index in [9.17, 15) is 9.18 Å². The van der Waals surface area contributed by atoms with Crippen molar-refractivity contribution in [2.24, 2.45) is 0 Å². The van der Waals surface area contributed by atoms with Gasteiger partial charge in [-0.05, 0) is 18.2 Å². The van der Waals surface area contributed by atoms with Crippen molar-refractivity contribution in [1.29, 1.82) is 0 Å². The number of rotatable bonds is 2. The zero-order valence-corrected chi connectivity index (χ0v) is 9.05. The number of hydrogen-bond donors (Lipinski definition) is 0. The van der Waals surface area contributed by atoms with E-state index in [0.717, 1.165) is 6.07 Å². The first kappa shape index (κ1) is 11.2. The van der Waals surface area contributed by atoms with E-state index in [2.05, 4.69) is 9.97 Å². The summed E-state index contributed by atoms with van der Waals surface area (Å²) in [4.78, 5) is 19.0. The SMILES string of the molecule is CC(=O)Oc1cc(F)ccc1-c1ncccn1. The van der Waals surface area contributed by atoms with Crippen molar-refractivity contribution >= 4 is 5.97 Å². The average molecular weight is 232 g/mol. The van der Waals surface area contributed by atoms with Crippen LogP contribution in [0.4, 0.5) is 4.39 Å². The molecule has 1 aromatic carbocycles. The highest BCUT2D eigenvalue weighted by molar-refractivity contribution is 5.74. The van der Waals surface area contributed by atoms with Gasteiger partial charge in [0.2, 0.25) is 0 Å². The summed E-state index contributed by atoms with van der Waals surface area (Å²) in [5.41, 5.74) is 0.474. The molecule has 0 aliphatic carbocycles. The zero-order valence-electron chi connectivity index (χ0n) is 9.05. The fourth-order valence-electron chi connectivity index (χ4n) is 1.36. The summed E-state index contributed by atoms with van der Waals surface area (Å²) in [7, 11) is 0. The number of ether oxygens (including phenoxy) is 1. The quantitative estimate of drug-likeness (QED) is 0.588. The Morgan fingerprint density at radius 1 is 1.29 bits per heavy atom. The molecule has 2 aromatic rings. The van der Waals surface area contributed by atoms with Gasteiger partial charge in [0.05, 0.1) is 5.56 Å². The molecule has 0 aliphatic rings. The summed E-state index contributed by atoms with van der Waals surface area (Å²) >= 11 is 0. The number of aromatic nitrogens is 2. The minimum absolute atomic E-state index is 0.115. The van der Waals surface area contributed by atoms with Crippen LogP contribution in [-0.4, -0.2) is 15.9 Å². The second-order valence-electron chi connectivity index (χ2n) is 3.31. The van der Waals surface area contributed by atoms with Crippen LogP contribution in [0, 0.1) is 5.82 Å². The second kappa shape index (κ2) is 4.69. The number of hydrogen-bond acceptors (Lipinski definition) is 4. The number of esters is 1. The molecule has 0 saturated heterocycles. The Labute approximate surface area is 97.1 Å². The van der Waals surface area contributed by atoms with E-state index in [1.165, 1.54) is 19.1 Å². The van der Waals surface area contributed by atoms with Gasteiger partial charge in [-0.1, -0.05) is 0 Å². The zero-order chi connectivity index (χ0) is 12.3. The lowest BCUT2D eigenvalue weighted by molar-refractivity contribution is -0.131. The van der Waals surface area contributed by atoms with Crippen LogP contribution in [0.1, 0.15) is 6.92 Å². The maximum absolute atomic E-state index is 13.1. The van der Waals surface area contributed by atoms with Gasteiger partial charge in [-0.15, -0.1) is 0 Å². The summed E-state index contributed by atoms with van der Waals surface area (Å²) in [6, 6.07) is 5.53. The highest BCUT2D eigenvalue weighted by atomic mass is 19.1. The summed E-state index contributed by atoms with van der Waals surface area (Å²) in [5.74, 6) is -0.513. The monoisotopic (exact) mass is 232 g/mol. The van der Waals surface area contributed by atoms with Crippen molar-refractivity contribution in [3.8, 4) is 17.1 Å².